The summed E-state index contributed by atoms with van der Waals surface area (Å²) in [5.41, 5.74) is 2.18. The third-order valence-electron chi connectivity index (χ3n) is 3.68. The number of likely N-dealkylation sites (tertiary alicyclic amines) is 1. The number of carbonyl (C=O) groups excluding carboxylic acids is 2. The number of amides is 2. The van der Waals surface area contributed by atoms with Crippen molar-refractivity contribution >= 4 is 11.8 Å². The van der Waals surface area contributed by atoms with Gasteiger partial charge in [-0.25, -0.2) is 0 Å². The summed E-state index contributed by atoms with van der Waals surface area (Å²) in [6.45, 7) is 4.29. The Balaban J connectivity index is 2.02. The number of aliphatic hydroxyl groups excluding tert-OH is 1. The van der Waals surface area contributed by atoms with Crippen LogP contribution in [0.1, 0.15) is 30.9 Å². The molecule has 1 heterocycles. The Bertz CT molecular complexity index is 511. The first-order valence-electron chi connectivity index (χ1n) is 7.28. The lowest BCUT2D eigenvalue weighted by Gasteiger charge is -2.24. The highest BCUT2D eigenvalue weighted by atomic mass is 16.3. The molecule has 114 valence electrons. The van der Waals surface area contributed by atoms with Crippen LogP contribution in [0.25, 0.3) is 0 Å². The highest BCUT2D eigenvalue weighted by Gasteiger charge is 2.35. The molecule has 0 aromatic heterocycles. The van der Waals surface area contributed by atoms with Crippen molar-refractivity contribution in [2.75, 3.05) is 6.54 Å². The topological polar surface area (TPSA) is 69.6 Å². The highest BCUT2D eigenvalue weighted by molar-refractivity contribution is 5.90. The van der Waals surface area contributed by atoms with Crippen LogP contribution in [0.2, 0.25) is 0 Å². The van der Waals surface area contributed by atoms with Gasteiger partial charge in [0.1, 0.15) is 6.04 Å². The van der Waals surface area contributed by atoms with Crippen LogP contribution in [0.5, 0.6) is 0 Å². The standard InChI is InChI=1S/C16H22N2O3/c1-11-3-5-13(6-4-11)10-18-14(7-8-15(18)20)16(21)17-9-12(2)19/h3-6,12,14,19H,7-10H2,1-2H3,(H,17,21). The summed E-state index contributed by atoms with van der Waals surface area (Å²) < 4.78 is 0. The second kappa shape index (κ2) is 6.72. The maximum Gasteiger partial charge on any atom is 0.242 e. The van der Waals surface area contributed by atoms with Crippen molar-refractivity contribution < 1.29 is 14.7 Å². The molecule has 1 aliphatic rings. The van der Waals surface area contributed by atoms with Crippen molar-refractivity contribution in [3.8, 4) is 0 Å². The molecule has 1 aromatic carbocycles. The number of aryl methyl sites for hydroxylation is 1. The zero-order valence-corrected chi connectivity index (χ0v) is 12.5. The van der Waals surface area contributed by atoms with Crippen LogP contribution in [0, 0.1) is 6.92 Å². The maximum atomic E-state index is 12.1. The summed E-state index contributed by atoms with van der Waals surface area (Å²) in [6, 6.07) is 7.52. The molecule has 21 heavy (non-hydrogen) atoms. The molecule has 0 aliphatic carbocycles. The average Bonchev–Trinajstić information content (AvgIpc) is 2.80. The third kappa shape index (κ3) is 4.04. The Morgan fingerprint density at radius 3 is 2.71 bits per heavy atom. The lowest BCUT2D eigenvalue weighted by molar-refractivity contribution is -0.136. The van der Waals surface area contributed by atoms with E-state index < -0.39 is 12.1 Å². The second-order valence-corrected chi connectivity index (χ2v) is 5.66. The highest BCUT2D eigenvalue weighted by Crippen LogP contribution is 2.21. The summed E-state index contributed by atoms with van der Waals surface area (Å²) in [5.74, 6) is -0.179. The van der Waals surface area contributed by atoms with E-state index >= 15 is 0 Å². The van der Waals surface area contributed by atoms with Gasteiger partial charge in [-0.2, -0.15) is 0 Å². The molecule has 0 radical (unpaired) electrons. The van der Waals surface area contributed by atoms with Gasteiger partial charge in [-0.15, -0.1) is 0 Å². The van der Waals surface area contributed by atoms with Crippen LogP contribution in [-0.2, 0) is 16.1 Å². The van der Waals surface area contributed by atoms with Crippen molar-refractivity contribution in [1.29, 1.82) is 0 Å². The van der Waals surface area contributed by atoms with E-state index in [4.69, 9.17) is 0 Å². The number of rotatable bonds is 5. The maximum absolute atomic E-state index is 12.1. The monoisotopic (exact) mass is 290 g/mol. The zero-order chi connectivity index (χ0) is 15.4. The fraction of sp³-hybridized carbons (Fsp3) is 0.500. The minimum absolute atomic E-state index is 0.00720. The number of nitrogens with one attached hydrogen (secondary N) is 1. The van der Waals surface area contributed by atoms with E-state index in [9.17, 15) is 14.7 Å². The van der Waals surface area contributed by atoms with Gasteiger partial charge in [-0.05, 0) is 25.8 Å². The van der Waals surface area contributed by atoms with E-state index in [1.54, 1.807) is 11.8 Å². The molecule has 2 amide bonds. The number of hydrogen-bond donors (Lipinski definition) is 2. The van der Waals surface area contributed by atoms with E-state index in [2.05, 4.69) is 5.32 Å². The largest absolute Gasteiger partial charge is 0.392 e. The Morgan fingerprint density at radius 1 is 1.43 bits per heavy atom. The summed E-state index contributed by atoms with van der Waals surface area (Å²) >= 11 is 0. The summed E-state index contributed by atoms with van der Waals surface area (Å²) in [7, 11) is 0. The zero-order valence-electron chi connectivity index (χ0n) is 12.5. The number of carbonyl (C=O) groups is 2. The smallest absolute Gasteiger partial charge is 0.242 e. The first-order valence-corrected chi connectivity index (χ1v) is 7.28. The van der Waals surface area contributed by atoms with Crippen molar-refractivity contribution in [3.63, 3.8) is 0 Å². The SMILES string of the molecule is Cc1ccc(CN2C(=O)CCC2C(=O)NCC(C)O)cc1. The van der Waals surface area contributed by atoms with Gasteiger partial charge in [-0.1, -0.05) is 29.8 Å². The van der Waals surface area contributed by atoms with E-state index in [1.165, 1.54) is 0 Å². The minimum Gasteiger partial charge on any atom is -0.392 e. The first kappa shape index (κ1) is 15.5. The molecule has 2 rings (SSSR count). The molecule has 5 heteroatoms. The normalized spacial score (nSPS) is 19.7. The fourth-order valence-corrected chi connectivity index (χ4v) is 2.46. The molecule has 5 nitrogen and oxygen atoms in total. The molecule has 0 saturated carbocycles. The van der Waals surface area contributed by atoms with E-state index in [1.807, 2.05) is 31.2 Å². The Kier molecular flexibility index (Phi) is 4.96. The van der Waals surface area contributed by atoms with Crippen molar-refractivity contribution in [2.24, 2.45) is 0 Å². The minimum atomic E-state index is -0.586. The molecule has 1 aromatic rings. The quantitative estimate of drug-likeness (QED) is 0.849. The van der Waals surface area contributed by atoms with Crippen LogP contribution >= 0.6 is 0 Å². The van der Waals surface area contributed by atoms with E-state index in [0.29, 0.717) is 19.4 Å². The van der Waals surface area contributed by atoms with E-state index in [0.717, 1.165) is 11.1 Å². The van der Waals surface area contributed by atoms with Crippen molar-refractivity contribution in [1.82, 2.24) is 10.2 Å². The van der Waals surface area contributed by atoms with Gasteiger partial charge in [0.05, 0.1) is 6.10 Å². The van der Waals surface area contributed by atoms with Crippen LogP contribution in [0.15, 0.2) is 24.3 Å². The van der Waals surface area contributed by atoms with Crippen molar-refractivity contribution in [3.05, 3.63) is 35.4 Å². The van der Waals surface area contributed by atoms with Crippen LogP contribution < -0.4 is 5.32 Å². The van der Waals surface area contributed by atoms with Gasteiger partial charge in [0.2, 0.25) is 11.8 Å². The summed E-state index contributed by atoms with van der Waals surface area (Å²) in [6.07, 6.45) is 0.353. The fourth-order valence-electron chi connectivity index (χ4n) is 2.46. The molecule has 2 N–H and O–H groups in total. The molecule has 0 bridgehead atoms. The van der Waals surface area contributed by atoms with Gasteiger partial charge in [0, 0.05) is 19.5 Å². The predicted molar refractivity (Wildman–Crippen MR) is 79.4 cm³/mol. The van der Waals surface area contributed by atoms with Gasteiger partial charge < -0.3 is 15.3 Å². The van der Waals surface area contributed by atoms with Crippen LogP contribution in [0.3, 0.4) is 0 Å². The predicted octanol–water partition coefficient (Wildman–Crippen LogP) is 0.983. The van der Waals surface area contributed by atoms with Crippen LogP contribution in [0.4, 0.5) is 0 Å². The Morgan fingerprint density at radius 2 is 2.10 bits per heavy atom. The van der Waals surface area contributed by atoms with Gasteiger partial charge in [0.15, 0.2) is 0 Å². The van der Waals surface area contributed by atoms with Gasteiger partial charge in [0.25, 0.3) is 0 Å². The molecule has 2 atom stereocenters. The number of benzene rings is 1. The number of nitrogens with zero attached hydrogens (tertiary/aromatic N) is 1. The molecular weight excluding hydrogens is 268 g/mol. The Labute approximate surface area is 125 Å². The van der Waals surface area contributed by atoms with Gasteiger partial charge in [-0.3, -0.25) is 9.59 Å². The molecule has 2 unspecified atom stereocenters. The summed E-state index contributed by atoms with van der Waals surface area (Å²) in [5, 5.41) is 11.9. The third-order valence-corrected chi connectivity index (χ3v) is 3.68. The molecule has 1 aliphatic heterocycles. The molecule has 0 spiro atoms. The molecule has 1 saturated heterocycles. The Hall–Kier alpha value is -1.88. The molecular formula is C16H22N2O3. The summed E-state index contributed by atoms with van der Waals surface area (Å²) in [4.78, 5) is 25.8. The van der Waals surface area contributed by atoms with Crippen LogP contribution in [-0.4, -0.2) is 40.5 Å². The van der Waals surface area contributed by atoms with Crippen molar-refractivity contribution in [2.45, 2.75) is 45.4 Å². The second-order valence-electron chi connectivity index (χ2n) is 5.66. The number of aliphatic hydroxyl groups is 1. The van der Waals surface area contributed by atoms with E-state index in [-0.39, 0.29) is 18.4 Å². The first-order chi connectivity index (χ1) is 9.97. The molecule has 1 fully saturated rings. The lowest BCUT2D eigenvalue weighted by Crippen LogP contribution is -2.45. The number of hydrogen-bond acceptors (Lipinski definition) is 3. The average molecular weight is 290 g/mol. The van der Waals surface area contributed by atoms with Gasteiger partial charge >= 0.3 is 0 Å². The lowest BCUT2D eigenvalue weighted by atomic mass is 10.1.